The van der Waals surface area contributed by atoms with Gasteiger partial charge in [0, 0.05) is 0 Å². The highest BCUT2D eigenvalue weighted by Crippen LogP contribution is 2.33. The Labute approximate surface area is 187 Å². The lowest BCUT2D eigenvalue weighted by molar-refractivity contribution is 0.586. The number of benzene rings is 2. The molecule has 0 aliphatic heterocycles. The van der Waals surface area contributed by atoms with Gasteiger partial charge in [-0.3, -0.25) is 0 Å². The van der Waals surface area contributed by atoms with Gasteiger partial charge in [-0.25, -0.2) is 0 Å². The molecule has 2 rings (SSSR count). The van der Waals surface area contributed by atoms with Crippen molar-refractivity contribution in [1.82, 2.24) is 0 Å². The molecule has 0 aromatic heterocycles. The predicted octanol–water partition coefficient (Wildman–Crippen LogP) is 9.01. The Morgan fingerprint density at radius 1 is 0.567 bits per heavy atom. The van der Waals surface area contributed by atoms with Crippen molar-refractivity contribution in [2.24, 2.45) is 0 Å². The minimum Gasteiger partial charge on any atom is -0.0654 e. The zero-order valence-corrected chi connectivity index (χ0v) is 21.0. The Hall–Kier alpha value is -1.56. The van der Waals surface area contributed by atoms with Gasteiger partial charge in [0.15, 0.2) is 0 Å². The van der Waals surface area contributed by atoms with E-state index in [1.165, 1.54) is 71.9 Å². The van der Waals surface area contributed by atoms with Crippen LogP contribution in [0, 0.1) is 12.1 Å². The summed E-state index contributed by atoms with van der Waals surface area (Å²) in [6.45, 7) is 18.3. The van der Waals surface area contributed by atoms with E-state index < -0.39 is 0 Å². The molecule has 164 valence electrons. The molecule has 0 atom stereocenters. The summed E-state index contributed by atoms with van der Waals surface area (Å²) in [7, 11) is 0. The summed E-state index contributed by atoms with van der Waals surface area (Å²) in [4.78, 5) is 0. The topological polar surface area (TPSA) is 0 Å². The molecule has 30 heavy (non-hydrogen) atoms. The van der Waals surface area contributed by atoms with Crippen LogP contribution in [0.1, 0.15) is 116 Å². The third kappa shape index (κ3) is 7.29. The van der Waals surface area contributed by atoms with Crippen LogP contribution in [0.5, 0.6) is 0 Å². The quantitative estimate of drug-likeness (QED) is 0.366. The van der Waals surface area contributed by atoms with Gasteiger partial charge in [0.25, 0.3) is 0 Å². The summed E-state index contributed by atoms with van der Waals surface area (Å²) in [5, 5.41) is 0. The monoisotopic (exact) mass is 404 g/mol. The molecule has 2 aromatic rings. The Morgan fingerprint density at radius 2 is 0.933 bits per heavy atom. The molecule has 0 spiro atoms. The fourth-order valence-corrected chi connectivity index (χ4v) is 3.80. The molecule has 2 radical (unpaired) electrons. The van der Waals surface area contributed by atoms with E-state index in [0.717, 1.165) is 12.8 Å². The average molecular weight is 405 g/mol. The first-order valence-electron chi connectivity index (χ1n) is 12.2. The third-order valence-corrected chi connectivity index (χ3v) is 5.90. The van der Waals surface area contributed by atoms with Crippen LogP contribution in [-0.4, -0.2) is 0 Å². The van der Waals surface area contributed by atoms with Crippen LogP contribution in [0.2, 0.25) is 0 Å². The fraction of sp³-hybridized carbons (Fsp3) is 0.600. The Bertz CT molecular complexity index is 726. The molecule has 0 nitrogen and oxygen atoms in total. The highest BCUT2D eigenvalue weighted by Gasteiger charge is 2.19. The molecule has 0 fully saturated rings. The average Bonchev–Trinajstić information content (AvgIpc) is 2.66. The maximum Gasteiger partial charge on any atom is -0.00583 e. The molecule has 0 aliphatic rings. The van der Waals surface area contributed by atoms with Gasteiger partial charge in [0.1, 0.15) is 0 Å². The SMILES string of the molecule is CCCCCc1cc(-c2[c]c(C(C)(C)C)cc(CCCCC)c2)[c]c(C(C)(C)C)c1. The molecule has 0 N–H and O–H groups in total. The summed E-state index contributed by atoms with van der Waals surface area (Å²) in [5.41, 5.74) is 8.16. The van der Waals surface area contributed by atoms with Gasteiger partial charge in [0.2, 0.25) is 0 Å². The molecule has 0 heterocycles. The highest BCUT2D eigenvalue weighted by molar-refractivity contribution is 5.66. The summed E-state index contributed by atoms with van der Waals surface area (Å²) < 4.78 is 0. The lowest BCUT2D eigenvalue weighted by Gasteiger charge is -2.23. The van der Waals surface area contributed by atoms with Gasteiger partial charge in [-0.05, 0) is 82.0 Å². The van der Waals surface area contributed by atoms with Crippen molar-refractivity contribution in [1.29, 1.82) is 0 Å². The van der Waals surface area contributed by atoms with E-state index in [2.05, 4.69) is 91.8 Å². The van der Waals surface area contributed by atoms with Gasteiger partial charge >= 0.3 is 0 Å². The van der Waals surface area contributed by atoms with Crippen LogP contribution in [0.15, 0.2) is 24.3 Å². The summed E-state index contributed by atoms with van der Waals surface area (Å²) in [5.74, 6) is 0. The fourth-order valence-electron chi connectivity index (χ4n) is 3.80. The van der Waals surface area contributed by atoms with Crippen LogP contribution >= 0.6 is 0 Å². The minimum atomic E-state index is 0.0983. The molecule has 0 aliphatic carbocycles. The largest absolute Gasteiger partial charge is 0.0654 e. The third-order valence-electron chi connectivity index (χ3n) is 5.90. The van der Waals surface area contributed by atoms with E-state index in [0.29, 0.717) is 0 Å². The van der Waals surface area contributed by atoms with Crippen molar-refractivity contribution in [2.45, 2.75) is 118 Å². The lowest BCUT2D eigenvalue weighted by Crippen LogP contribution is -2.13. The number of hydrogen-bond acceptors (Lipinski definition) is 0. The molecule has 0 saturated carbocycles. The molecule has 0 bridgehead atoms. The van der Waals surface area contributed by atoms with Crippen molar-refractivity contribution in [3.8, 4) is 11.1 Å². The number of rotatable bonds is 9. The summed E-state index contributed by atoms with van der Waals surface area (Å²) >= 11 is 0. The Kier molecular flexibility index (Phi) is 8.77. The van der Waals surface area contributed by atoms with Gasteiger partial charge in [-0.15, -0.1) is 0 Å². The normalized spacial score (nSPS) is 12.4. The number of unbranched alkanes of at least 4 members (excludes halogenated alkanes) is 4. The zero-order chi connectivity index (χ0) is 22.4. The second-order valence-corrected chi connectivity index (χ2v) is 11.0. The highest BCUT2D eigenvalue weighted by atomic mass is 14.2. The van der Waals surface area contributed by atoms with Crippen LogP contribution in [-0.2, 0) is 23.7 Å². The van der Waals surface area contributed by atoms with E-state index in [4.69, 9.17) is 0 Å². The van der Waals surface area contributed by atoms with E-state index in [-0.39, 0.29) is 10.8 Å². The summed E-state index contributed by atoms with van der Waals surface area (Å²) in [6, 6.07) is 17.1. The minimum absolute atomic E-state index is 0.0983. The Balaban J connectivity index is 2.53. The number of aryl methyl sites for hydroxylation is 2. The van der Waals surface area contributed by atoms with E-state index >= 15 is 0 Å². The maximum absolute atomic E-state index is 3.77. The summed E-state index contributed by atoms with van der Waals surface area (Å²) in [6.07, 6.45) is 9.95. The molecule has 0 unspecified atom stereocenters. The second kappa shape index (κ2) is 10.7. The van der Waals surface area contributed by atoms with Gasteiger partial charge < -0.3 is 0 Å². The van der Waals surface area contributed by atoms with E-state index in [1.807, 2.05) is 0 Å². The zero-order valence-electron chi connectivity index (χ0n) is 21.0. The van der Waals surface area contributed by atoms with Gasteiger partial charge in [0.05, 0.1) is 0 Å². The standard InChI is InChI=1S/C30H44/c1-9-11-13-15-23-17-25(21-27(19-23)29(3,4)5)26-18-24(16-14-12-10-2)20-28(22-26)30(6,7)8/h17-20H,9-16H2,1-8H3. The van der Waals surface area contributed by atoms with Gasteiger partial charge in [-0.1, -0.05) is 105 Å². The molecule has 2 aromatic carbocycles. The van der Waals surface area contributed by atoms with Crippen molar-refractivity contribution in [3.05, 3.63) is 58.7 Å². The van der Waals surface area contributed by atoms with Crippen molar-refractivity contribution in [2.75, 3.05) is 0 Å². The van der Waals surface area contributed by atoms with Gasteiger partial charge in [-0.2, -0.15) is 0 Å². The van der Waals surface area contributed by atoms with Crippen LogP contribution < -0.4 is 0 Å². The molecular weight excluding hydrogens is 360 g/mol. The van der Waals surface area contributed by atoms with E-state index in [1.54, 1.807) is 0 Å². The van der Waals surface area contributed by atoms with Crippen molar-refractivity contribution < 1.29 is 0 Å². The van der Waals surface area contributed by atoms with Crippen molar-refractivity contribution >= 4 is 0 Å². The number of hydrogen-bond donors (Lipinski definition) is 0. The van der Waals surface area contributed by atoms with Crippen molar-refractivity contribution in [3.63, 3.8) is 0 Å². The molecule has 0 heteroatoms. The van der Waals surface area contributed by atoms with E-state index in [9.17, 15) is 0 Å². The first-order valence-corrected chi connectivity index (χ1v) is 12.2. The predicted molar refractivity (Wildman–Crippen MR) is 133 cm³/mol. The molecular formula is C30H44. The second-order valence-electron chi connectivity index (χ2n) is 11.0. The molecule has 0 saturated heterocycles. The lowest BCUT2D eigenvalue weighted by atomic mass is 9.81. The van der Waals surface area contributed by atoms with Crippen LogP contribution in [0.25, 0.3) is 11.1 Å². The van der Waals surface area contributed by atoms with Crippen LogP contribution in [0.4, 0.5) is 0 Å². The first-order chi connectivity index (χ1) is 14.0. The maximum atomic E-state index is 3.77. The first kappa shape index (κ1) is 24.7. The Morgan fingerprint density at radius 3 is 1.23 bits per heavy atom. The molecule has 0 amide bonds. The smallest absolute Gasteiger partial charge is 0.00583 e. The van der Waals surface area contributed by atoms with Crippen LogP contribution in [0.3, 0.4) is 0 Å².